The lowest BCUT2D eigenvalue weighted by atomic mass is 9.59. The fraction of sp³-hybridized carbons (Fsp3) is 0.444. The number of aliphatic hydroxyl groups excluding tert-OH is 1. The molecule has 1 aromatic rings. The van der Waals surface area contributed by atoms with Gasteiger partial charge in [0.25, 0.3) is 0 Å². The second-order valence-electron chi connectivity index (χ2n) is 10.4. The van der Waals surface area contributed by atoms with Crippen LogP contribution in [0.3, 0.4) is 0 Å². The molecule has 2 aliphatic carbocycles. The maximum atomic E-state index is 14.0. The molecule has 3 N–H and O–H groups in total. The lowest BCUT2D eigenvalue weighted by molar-refractivity contribution is -0.135. The lowest BCUT2D eigenvalue weighted by Crippen LogP contribution is -2.45. The summed E-state index contributed by atoms with van der Waals surface area (Å²) in [5.41, 5.74) is -0.617. The van der Waals surface area contributed by atoms with E-state index in [-0.39, 0.29) is 30.1 Å². The van der Waals surface area contributed by atoms with E-state index in [0.29, 0.717) is 6.42 Å². The molecule has 0 spiro atoms. The largest absolute Gasteiger partial charge is 0.506 e. The topological polar surface area (TPSA) is 112 Å². The van der Waals surface area contributed by atoms with Gasteiger partial charge in [0.1, 0.15) is 17.1 Å². The fourth-order valence-corrected chi connectivity index (χ4v) is 5.45. The number of phenolic OH excluding ortho intramolecular Hbond substituents is 2. The Balaban J connectivity index is 2.35. The predicted molar refractivity (Wildman–Crippen MR) is 126 cm³/mol. The fourth-order valence-electron chi connectivity index (χ4n) is 5.45. The van der Waals surface area contributed by atoms with Crippen LogP contribution >= 0.6 is 0 Å². The van der Waals surface area contributed by atoms with Crippen molar-refractivity contribution >= 4 is 23.1 Å². The van der Waals surface area contributed by atoms with E-state index < -0.39 is 51.1 Å². The van der Waals surface area contributed by atoms with Crippen molar-refractivity contribution in [3.05, 3.63) is 53.1 Å². The number of fused-ring (bicyclic) bond motifs is 3. The van der Waals surface area contributed by atoms with Gasteiger partial charge in [-0.1, -0.05) is 37.6 Å². The highest BCUT2D eigenvalue weighted by atomic mass is 16.3. The summed E-state index contributed by atoms with van der Waals surface area (Å²) in [4.78, 5) is 41.3. The summed E-state index contributed by atoms with van der Waals surface area (Å²) < 4.78 is 0. The first-order valence-corrected chi connectivity index (χ1v) is 11.1. The number of allylic oxidation sites excluding steroid dienone is 4. The summed E-state index contributed by atoms with van der Waals surface area (Å²) in [6.07, 6.45) is 2.41. The molecule has 6 heteroatoms. The molecule has 0 radical (unpaired) electrons. The molecular formula is C27H32O6. The van der Waals surface area contributed by atoms with Gasteiger partial charge in [-0.25, -0.2) is 0 Å². The van der Waals surface area contributed by atoms with Crippen LogP contribution in [0.15, 0.2) is 47.6 Å². The maximum absolute atomic E-state index is 14.0. The van der Waals surface area contributed by atoms with Gasteiger partial charge in [-0.05, 0) is 63.1 Å². The number of aliphatic hydroxyl groups is 1. The third-order valence-electron chi connectivity index (χ3n) is 7.27. The third kappa shape index (κ3) is 4.03. The number of carbonyl (C=O) groups is 3. The van der Waals surface area contributed by atoms with Crippen LogP contribution in [0.5, 0.6) is 11.5 Å². The SMILES string of the molecule is C=C(C)C1CC2(CC=C(C)C)CC(=O)C(C(=O)/C(=C(/O)c3ccc(O)c(O)c3)C2=O)C1(C)C. The van der Waals surface area contributed by atoms with Gasteiger partial charge >= 0.3 is 0 Å². The van der Waals surface area contributed by atoms with E-state index in [1.165, 1.54) is 12.1 Å². The van der Waals surface area contributed by atoms with E-state index in [9.17, 15) is 29.7 Å². The number of Topliss-reactive ketones (excluding diaryl/α,β-unsaturated/α-hetero) is 3. The minimum absolute atomic E-state index is 0.0149. The van der Waals surface area contributed by atoms with Crippen LogP contribution in [0.4, 0.5) is 0 Å². The standard InChI is InChI=1S/C27H32O6/c1-14(2)9-10-27-12-17(15(3)4)26(5,6)22(20(30)13-27)24(32)21(25(27)33)23(31)16-7-8-18(28)19(29)11-16/h7-9,11,17,22,28-29,31H,3,10,12-13H2,1-2,4-6H3/b23-21-. The van der Waals surface area contributed by atoms with Gasteiger partial charge in [-0.15, -0.1) is 0 Å². The maximum Gasteiger partial charge on any atom is 0.181 e. The minimum atomic E-state index is -1.20. The molecule has 0 saturated heterocycles. The van der Waals surface area contributed by atoms with Crippen LogP contribution in [0.25, 0.3) is 5.76 Å². The first-order chi connectivity index (χ1) is 15.2. The highest BCUT2D eigenvalue weighted by Crippen LogP contribution is 2.56. The molecule has 0 heterocycles. The number of rotatable bonds is 4. The average Bonchev–Trinajstić information content (AvgIpc) is 2.85. The normalized spacial score (nSPS) is 28.2. The molecule has 0 aromatic heterocycles. The Morgan fingerprint density at radius 3 is 2.30 bits per heavy atom. The molecule has 2 bridgehead atoms. The van der Waals surface area contributed by atoms with Gasteiger partial charge in [0.05, 0.1) is 5.92 Å². The average molecular weight is 453 g/mol. The summed E-state index contributed by atoms with van der Waals surface area (Å²) in [5, 5.41) is 30.6. The molecule has 2 aliphatic rings. The second kappa shape index (κ2) is 8.32. The zero-order valence-corrected chi connectivity index (χ0v) is 19.9. The molecule has 2 saturated carbocycles. The molecule has 3 rings (SSSR count). The molecule has 3 unspecified atom stereocenters. The zero-order chi connectivity index (χ0) is 24.9. The van der Waals surface area contributed by atoms with Crippen molar-refractivity contribution in [1.29, 1.82) is 0 Å². The molecule has 6 nitrogen and oxygen atoms in total. The number of benzene rings is 1. The van der Waals surface area contributed by atoms with Crippen LogP contribution in [-0.2, 0) is 14.4 Å². The van der Waals surface area contributed by atoms with Gasteiger partial charge in [-0.2, -0.15) is 0 Å². The van der Waals surface area contributed by atoms with Crippen molar-refractivity contribution in [2.75, 3.05) is 0 Å². The Bertz CT molecular complexity index is 1120. The van der Waals surface area contributed by atoms with Crippen molar-refractivity contribution in [1.82, 2.24) is 0 Å². The highest BCUT2D eigenvalue weighted by Gasteiger charge is 2.60. The molecule has 0 aliphatic heterocycles. The molecule has 2 fully saturated rings. The van der Waals surface area contributed by atoms with Crippen molar-refractivity contribution in [3.63, 3.8) is 0 Å². The molecule has 176 valence electrons. The number of ketones is 3. The smallest absolute Gasteiger partial charge is 0.181 e. The number of hydrogen-bond acceptors (Lipinski definition) is 6. The van der Waals surface area contributed by atoms with Crippen molar-refractivity contribution in [2.45, 2.75) is 53.9 Å². The number of phenols is 2. The van der Waals surface area contributed by atoms with Crippen molar-refractivity contribution in [2.24, 2.45) is 22.7 Å². The lowest BCUT2D eigenvalue weighted by Gasteiger charge is -2.42. The molecule has 33 heavy (non-hydrogen) atoms. The molecule has 3 atom stereocenters. The Morgan fingerprint density at radius 1 is 1.12 bits per heavy atom. The third-order valence-corrected chi connectivity index (χ3v) is 7.27. The highest BCUT2D eigenvalue weighted by molar-refractivity contribution is 6.32. The van der Waals surface area contributed by atoms with E-state index in [1.54, 1.807) is 0 Å². The van der Waals surface area contributed by atoms with Gasteiger partial charge in [0.2, 0.25) is 0 Å². The Kier molecular flexibility index (Phi) is 6.18. The minimum Gasteiger partial charge on any atom is -0.506 e. The Morgan fingerprint density at radius 2 is 1.76 bits per heavy atom. The molecule has 0 amide bonds. The van der Waals surface area contributed by atoms with Gasteiger partial charge in [-0.3, -0.25) is 14.4 Å². The van der Waals surface area contributed by atoms with Gasteiger partial charge in [0, 0.05) is 17.4 Å². The number of aromatic hydroxyl groups is 2. The number of carbonyl (C=O) groups excluding carboxylic acids is 3. The Hall–Kier alpha value is -3.15. The van der Waals surface area contributed by atoms with Gasteiger partial charge < -0.3 is 15.3 Å². The van der Waals surface area contributed by atoms with Crippen LogP contribution in [-0.4, -0.2) is 32.7 Å². The summed E-state index contributed by atoms with van der Waals surface area (Å²) >= 11 is 0. The Labute approximate surface area is 194 Å². The zero-order valence-electron chi connectivity index (χ0n) is 19.9. The van der Waals surface area contributed by atoms with Crippen LogP contribution in [0, 0.1) is 22.7 Å². The first-order valence-electron chi connectivity index (χ1n) is 11.1. The first kappa shape index (κ1) is 24.5. The number of hydrogen-bond donors (Lipinski definition) is 3. The van der Waals surface area contributed by atoms with E-state index in [4.69, 9.17) is 0 Å². The monoisotopic (exact) mass is 452 g/mol. The van der Waals surface area contributed by atoms with Crippen molar-refractivity contribution in [3.8, 4) is 11.5 Å². The summed E-state index contributed by atoms with van der Waals surface area (Å²) in [5.74, 6) is -4.40. The summed E-state index contributed by atoms with van der Waals surface area (Å²) in [7, 11) is 0. The van der Waals surface area contributed by atoms with E-state index in [1.807, 2.05) is 40.7 Å². The van der Waals surface area contributed by atoms with Crippen LogP contribution in [0.2, 0.25) is 0 Å². The van der Waals surface area contributed by atoms with Crippen molar-refractivity contribution < 1.29 is 29.7 Å². The summed E-state index contributed by atoms with van der Waals surface area (Å²) in [6, 6.07) is 3.56. The molecular weight excluding hydrogens is 420 g/mol. The quantitative estimate of drug-likeness (QED) is 0.147. The second-order valence-corrected chi connectivity index (χ2v) is 10.4. The van der Waals surface area contributed by atoms with Crippen LogP contribution in [0.1, 0.15) is 59.4 Å². The van der Waals surface area contributed by atoms with Crippen LogP contribution < -0.4 is 0 Å². The van der Waals surface area contributed by atoms with E-state index in [0.717, 1.165) is 17.2 Å². The summed E-state index contributed by atoms with van der Waals surface area (Å²) in [6.45, 7) is 13.5. The van der Waals surface area contributed by atoms with E-state index in [2.05, 4.69) is 6.58 Å². The predicted octanol–water partition coefficient (Wildman–Crippen LogP) is 5.06. The van der Waals surface area contributed by atoms with Gasteiger partial charge in [0.15, 0.2) is 23.1 Å². The van der Waals surface area contributed by atoms with E-state index >= 15 is 0 Å². The molecule has 1 aromatic carbocycles.